The molecule has 3 rings (SSSR count). The zero-order valence-electron chi connectivity index (χ0n) is 13.8. The Balaban J connectivity index is 1.62. The summed E-state index contributed by atoms with van der Waals surface area (Å²) >= 11 is 0. The highest BCUT2D eigenvalue weighted by atomic mass is 15.3. The van der Waals surface area contributed by atoms with Crippen LogP contribution in [0, 0.1) is 20.8 Å². The largest absolute Gasteiger partial charge is 0.369 e. The average Bonchev–Trinajstić information content (AvgIpc) is 2.54. The molecule has 1 saturated heterocycles. The van der Waals surface area contributed by atoms with Crippen molar-refractivity contribution in [3.8, 4) is 0 Å². The number of hydrogen-bond acceptors (Lipinski definition) is 3. The Morgan fingerprint density at radius 1 is 0.864 bits per heavy atom. The Morgan fingerprint density at radius 2 is 1.50 bits per heavy atom. The second kappa shape index (κ2) is 6.49. The molecular weight excluding hydrogens is 270 g/mol. The lowest BCUT2D eigenvalue weighted by Gasteiger charge is -2.36. The van der Waals surface area contributed by atoms with E-state index in [2.05, 4.69) is 59.8 Å². The summed E-state index contributed by atoms with van der Waals surface area (Å²) in [6, 6.07) is 8.88. The van der Waals surface area contributed by atoms with Gasteiger partial charge >= 0.3 is 0 Å². The molecule has 0 spiro atoms. The molecule has 0 N–H and O–H groups in total. The van der Waals surface area contributed by atoms with Gasteiger partial charge < -0.3 is 4.90 Å². The lowest BCUT2D eigenvalue weighted by atomic mass is 10.0. The van der Waals surface area contributed by atoms with Gasteiger partial charge in [0.25, 0.3) is 0 Å². The van der Waals surface area contributed by atoms with E-state index in [1.807, 2.05) is 12.4 Å². The lowest BCUT2D eigenvalue weighted by molar-refractivity contribution is 0.249. The van der Waals surface area contributed by atoms with Crippen LogP contribution in [0.15, 0.2) is 36.7 Å². The molecule has 1 aromatic carbocycles. The molecule has 1 aromatic heterocycles. The number of aromatic nitrogens is 1. The van der Waals surface area contributed by atoms with E-state index in [-0.39, 0.29) is 0 Å². The average molecular weight is 295 g/mol. The first-order valence-corrected chi connectivity index (χ1v) is 8.07. The zero-order valence-corrected chi connectivity index (χ0v) is 13.8. The normalized spacial score (nSPS) is 16.0. The van der Waals surface area contributed by atoms with Crippen LogP contribution in [-0.4, -0.2) is 36.1 Å². The summed E-state index contributed by atoms with van der Waals surface area (Å²) in [4.78, 5) is 9.11. The van der Waals surface area contributed by atoms with Crippen LogP contribution in [0.5, 0.6) is 0 Å². The first kappa shape index (κ1) is 15.0. The van der Waals surface area contributed by atoms with E-state index in [1.165, 1.54) is 27.9 Å². The van der Waals surface area contributed by atoms with Crippen molar-refractivity contribution in [3.05, 3.63) is 58.9 Å². The van der Waals surface area contributed by atoms with Crippen LogP contribution in [0.3, 0.4) is 0 Å². The summed E-state index contributed by atoms with van der Waals surface area (Å²) in [7, 11) is 0. The second-order valence-corrected chi connectivity index (χ2v) is 6.33. The van der Waals surface area contributed by atoms with E-state index in [0.29, 0.717) is 0 Å². The minimum atomic E-state index is 1.07. The molecule has 1 aliphatic heterocycles. The van der Waals surface area contributed by atoms with Crippen molar-refractivity contribution in [2.75, 3.05) is 31.1 Å². The third-order valence-corrected chi connectivity index (χ3v) is 4.75. The van der Waals surface area contributed by atoms with Gasteiger partial charge in [0.15, 0.2) is 0 Å². The van der Waals surface area contributed by atoms with Gasteiger partial charge in [0.2, 0.25) is 0 Å². The van der Waals surface area contributed by atoms with E-state index < -0.39 is 0 Å². The Kier molecular flexibility index (Phi) is 4.44. The molecule has 1 aliphatic rings. The van der Waals surface area contributed by atoms with Crippen molar-refractivity contribution in [1.29, 1.82) is 0 Å². The van der Waals surface area contributed by atoms with Crippen molar-refractivity contribution < 1.29 is 0 Å². The van der Waals surface area contributed by atoms with Crippen LogP contribution in [0.1, 0.15) is 22.3 Å². The summed E-state index contributed by atoms with van der Waals surface area (Å²) in [5.41, 5.74) is 6.97. The number of nitrogens with zero attached hydrogens (tertiary/aromatic N) is 3. The number of aryl methyl sites for hydroxylation is 3. The summed E-state index contributed by atoms with van der Waals surface area (Å²) in [5, 5.41) is 0. The van der Waals surface area contributed by atoms with Crippen molar-refractivity contribution >= 4 is 5.69 Å². The van der Waals surface area contributed by atoms with Crippen LogP contribution < -0.4 is 4.90 Å². The molecule has 1 fully saturated rings. The minimum Gasteiger partial charge on any atom is -0.369 e. The molecule has 0 aliphatic carbocycles. The fraction of sp³-hybridized carbons (Fsp3) is 0.421. The standard InChI is InChI=1S/C19H25N3/c1-15-12-17(3)18(13-16(15)2)14-21-8-10-22(11-9-21)19-4-6-20-7-5-19/h4-7,12-13H,8-11,14H2,1-3H3. The van der Waals surface area contributed by atoms with Crippen LogP contribution in [0.2, 0.25) is 0 Å². The first-order valence-electron chi connectivity index (χ1n) is 8.07. The van der Waals surface area contributed by atoms with E-state index in [4.69, 9.17) is 0 Å². The molecule has 22 heavy (non-hydrogen) atoms. The molecule has 2 aromatic rings. The van der Waals surface area contributed by atoms with Crippen molar-refractivity contribution in [2.45, 2.75) is 27.3 Å². The van der Waals surface area contributed by atoms with Gasteiger partial charge in [0.1, 0.15) is 0 Å². The lowest BCUT2D eigenvalue weighted by Crippen LogP contribution is -2.46. The molecule has 2 heterocycles. The van der Waals surface area contributed by atoms with Crippen LogP contribution in [0.25, 0.3) is 0 Å². The van der Waals surface area contributed by atoms with E-state index >= 15 is 0 Å². The molecule has 0 amide bonds. The fourth-order valence-electron chi connectivity index (χ4n) is 3.15. The third-order valence-electron chi connectivity index (χ3n) is 4.75. The summed E-state index contributed by atoms with van der Waals surface area (Å²) in [5.74, 6) is 0. The minimum absolute atomic E-state index is 1.07. The third kappa shape index (κ3) is 3.30. The van der Waals surface area contributed by atoms with Gasteiger partial charge in [-0.3, -0.25) is 9.88 Å². The first-order chi connectivity index (χ1) is 10.6. The number of piperazine rings is 1. The number of benzene rings is 1. The predicted octanol–water partition coefficient (Wildman–Crippen LogP) is 3.33. The van der Waals surface area contributed by atoms with E-state index in [1.54, 1.807) is 0 Å². The molecule has 0 bridgehead atoms. The molecule has 116 valence electrons. The number of anilines is 1. The molecule has 0 unspecified atom stereocenters. The van der Waals surface area contributed by atoms with Crippen LogP contribution in [-0.2, 0) is 6.54 Å². The SMILES string of the molecule is Cc1cc(C)c(CN2CCN(c3ccncc3)CC2)cc1C. The number of hydrogen-bond donors (Lipinski definition) is 0. The number of pyridine rings is 1. The maximum absolute atomic E-state index is 4.10. The Hall–Kier alpha value is -1.87. The fourth-order valence-corrected chi connectivity index (χ4v) is 3.15. The van der Waals surface area contributed by atoms with Crippen molar-refractivity contribution in [2.24, 2.45) is 0 Å². The molecule has 3 nitrogen and oxygen atoms in total. The molecule has 0 atom stereocenters. The van der Waals surface area contributed by atoms with Crippen LogP contribution in [0.4, 0.5) is 5.69 Å². The predicted molar refractivity (Wildman–Crippen MR) is 92.4 cm³/mol. The van der Waals surface area contributed by atoms with Gasteiger partial charge in [-0.15, -0.1) is 0 Å². The highest BCUT2D eigenvalue weighted by molar-refractivity contribution is 5.45. The van der Waals surface area contributed by atoms with Gasteiger partial charge in [0.05, 0.1) is 0 Å². The van der Waals surface area contributed by atoms with Crippen molar-refractivity contribution in [1.82, 2.24) is 9.88 Å². The topological polar surface area (TPSA) is 19.4 Å². The molecular formula is C19H25N3. The maximum Gasteiger partial charge on any atom is 0.0397 e. The summed E-state index contributed by atoms with van der Waals surface area (Å²) < 4.78 is 0. The highest BCUT2D eigenvalue weighted by Gasteiger charge is 2.18. The monoisotopic (exact) mass is 295 g/mol. The summed E-state index contributed by atoms with van der Waals surface area (Å²) in [6.45, 7) is 12.1. The van der Waals surface area contributed by atoms with Gasteiger partial charge in [-0.05, 0) is 55.2 Å². The highest BCUT2D eigenvalue weighted by Crippen LogP contribution is 2.19. The molecule has 3 heteroatoms. The van der Waals surface area contributed by atoms with Gasteiger partial charge in [-0.2, -0.15) is 0 Å². The van der Waals surface area contributed by atoms with Crippen LogP contribution >= 0.6 is 0 Å². The summed E-state index contributed by atoms with van der Waals surface area (Å²) in [6.07, 6.45) is 3.75. The zero-order chi connectivity index (χ0) is 15.5. The van der Waals surface area contributed by atoms with Crippen molar-refractivity contribution in [3.63, 3.8) is 0 Å². The van der Waals surface area contributed by atoms with E-state index in [0.717, 1.165) is 32.7 Å². The maximum atomic E-state index is 4.10. The Bertz CT molecular complexity index is 629. The molecule has 0 saturated carbocycles. The van der Waals surface area contributed by atoms with Gasteiger partial charge in [0, 0.05) is 50.8 Å². The van der Waals surface area contributed by atoms with E-state index in [9.17, 15) is 0 Å². The van der Waals surface area contributed by atoms with Gasteiger partial charge in [-0.1, -0.05) is 12.1 Å². The smallest absolute Gasteiger partial charge is 0.0397 e. The molecule has 0 radical (unpaired) electrons. The van der Waals surface area contributed by atoms with Gasteiger partial charge in [-0.25, -0.2) is 0 Å². The quantitative estimate of drug-likeness (QED) is 0.866. The second-order valence-electron chi connectivity index (χ2n) is 6.33. The Labute approximate surface area is 133 Å². The Morgan fingerprint density at radius 3 is 2.18 bits per heavy atom. The number of rotatable bonds is 3.